The van der Waals surface area contributed by atoms with Crippen molar-refractivity contribution in [3.63, 3.8) is 0 Å². The lowest BCUT2D eigenvalue weighted by molar-refractivity contribution is 0.798. The second-order valence-corrected chi connectivity index (χ2v) is 9.06. The Balaban J connectivity index is 4.09. The van der Waals surface area contributed by atoms with E-state index in [1.54, 1.807) is 0 Å². The van der Waals surface area contributed by atoms with Crippen LogP contribution in [0.4, 0.5) is 0 Å². The molecule has 0 bridgehead atoms. The van der Waals surface area contributed by atoms with Crippen molar-refractivity contribution in [2.24, 2.45) is 0 Å². The number of nitrogens with zero attached hydrogens (tertiary/aromatic N) is 1. The first-order chi connectivity index (χ1) is 7.24. The first-order valence-corrected chi connectivity index (χ1v) is 8.95. The van der Waals surface area contributed by atoms with Gasteiger partial charge in [0, 0.05) is 6.42 Å². The molecule has 0 rings (SSSR count). The zero-order valence-corrected chi connectivity index (χ0v) is 11.4. The molecule has 0 saturated heterocycles. The van der Waals surface area contributed by atoms with Crippen LogP contribution in [-0.2, 0) is 0 Å². The molecule has 0 aliphatic heterocycles. The topological polar surface area (TPSA) is 23.8 Å². The van der Waals surface area contributed by atoms with Crippen molar-refractivity contribution in [1.29, 1.82) is 5.26 Å². The molecule has 0 aromatic heterocycles. The van der Waals surface area contributed by atoms with Gasteiger partial charge in [0.2, 0.25) is 0 Å². The van der Waals surface area contributed by atoms with Gasteiger partial charge in [0.05, 0.1) is 14.1 Å². The summed E-state index contributed by atoms with van der Waals surface area (Å²) in [5.74, 6) is 0. The first-order valence-electron chi connectivity index (χ1n) is 6.25. The van der Waals surface area contributed by atoms with Gasteiger partial charge in [-0.3, -0.25) is 0 Å². The molecule has 0 aromatic carbocycles. The van der Waals surface area contributed by atoms with Gasteiger partial charge in [-0.15, -0.1) is 12.3 Å². The Labute approximate surface area is 96.2 Å². The molecule has 0 saturated carbocycles. The van der Waals surface area contributed by atoms with Gasteiger partial charge in [-0.25, -0.2) is 0 Å². The van der Waals surface area contributed by atoms with Gasteiger partial charge in [-0.2, -0.15) is 5.26 Å². The second-order valence-electron chi connectivity index (χ2n) is 4.43. The van der Waals surface area contributed by atoms with Crippen molar-refractivity contribution in [3.8, 4) is 6.07 Å². The summed E-state index contributed by atoms with van der Waals surface area (Å²) in [4.78, 5) is 0. The van der Waals surface area contributed by atoms with E-state index in [1.807, 2.05) is 0 Å². The molecule has 0 aliphatic carbocycles. The standard InChI is InChI=1S/C13H25NSi/c1-4-11-15(6-3,12-5-2)13-9-7-8-10-14/h6H,3-5,7-9,11-13H2,1-2H3. The van der Waals surface area contributed by atoms with Gasteiger partial charge >= 0.3 is 0 Å². The van der Waals surface area contributed by atoms with Crippen LogP contribution in [0.2, 0.25) is 18.1 Å². The first kappa shape index (κ1) is 14.4. The molecule has 0 heterocycles. The third kappa shape index (κ3) is 5.79. The second kappa shape index (κ2) is 8.73. The van der Waals surface area contributed by atoms with E-state index in [0.717, 1.165) is 12.8 Å². The average Bonchev–Trinajstić information content (AvgIpc) is 2.25. The summed E-state index contributed by atoms with van der Waals surface area (Å²) in [7, 11) is -1.16. The lowest BCUT2D eigenvalue weighted by Crippen LogP contribution is -2.31. The van der Waals surface area contributed by atoms with Crippen LogP contribution in [0, 0.1) is 11.3 Å². The Kier molecular flexibility index (Phi) is 8.41. The van der Waals surface area contributed by atoms with Gasteiger partial charge < -0.3 is 0 Å². The Morgan fingerprint density at radius 2 is 1.73 bits per heavy atom. The smallest absolute Gasteiger partial charge is 0.0770 e. The maximum Gasteiger partial charge on any atom is 0.0770 e. The SMILES string of the molecule is C=C[Si](CCC)(CCC)CCCCC#N. The molecule has 0 amide bonds. The van der Waals surface area contributed by atoms with E-state index >= 15 is 0 Å². The van der Waals surface area contributed by atoms with Gasteiger partial charge in [0.25, 0.3) is 0 Å². The summed E-state index contributed by atoms with van der Waals surface area (Å²) in [6.07, 6.45) is 5.60. The van der Waals surface area contributed by atoms with Gasteiger partial charge in [-0.1, -0.05) is 51.2 Å². The van der Waals surface area contributed by atoms with E-state index in [1.165, 1.54) is 37.4 Å². The summed E-state index contributed by atoms with van der Waals surface area (Å²) >= 11 is 0. The molecular formula is C13H25NSi. The van der Waals surface area contributed by atoms with Crippen LogP contribution in [0.3, 0.4) is 0 Å². The minimum Gasteiger partial charge on any atom is -0.198 e. The highest BCUT2D eigenvalue weighted by molar-refractivity contribution is 6.84. The highest BCUT2D eigenvalue weighted by Gasteiger charge is 2.26. The van der Waals surface area contributed by atoms with Crippen LogP contribution >= 0.6 is 0 Å². The Bertz CT molecular complexity index is 199. The Hall–Kier alpha value is -0.553. The molecule has 0 atom stereocenters. The van der Waals surface area contributed by atoms with Crippen molar-refractivity contribution in [2.75, 3.05) is 0 Å². The van der Waals surface area contributed by atoms with Crippen molar-refractivity contribution in [2.45, 2.75) is 64.1 Å². The molecule has 15 heavy (non-hydrogen) atoms. The minimum atomic E-state index is -1.16. The minimum absolute atomic E-state index is 0.722. The maximum absolute atomic E-state index is 8.50. The Morgan fingerprint density at radius 3 is 2.13 bits per heavy atom. The molecule has 2 heteroatoms. The maximum atomic E-state index is 8.50. The molecule has 0 fully saturated rings. The van der Waals surface area contributed by atoms with Crippen molar-refractivity contribution < 1.29 is 0 Å². The van der Waals surface area contributed by atoms with Crippen molar-refractivity contribution in [1.82, 2.24) is 0 Å². The molecule has 0 aromatic rings. The predicted octanol–water partition coefficient (Wildman–Crippen LogP) is 4.67. The average molecular weight is 223 g/mol. The van der Waals surface area contributed by atoms with E-state index in [-0.39, 0.29) is 0 Å². The summed E-state index contributed by atoms with van der Waals surface area (Å²) in [6.45, 7) is 8.61. The van der Waals surface area contributed by atoms with E-state index in [0.29, 0.717) is 0 Å². The summed E-state index contributed by atoms with van der Waals surface area (Å²) in [6, 6.07) is 6.34. The Morgan fingerprint density at radius 1 is 1.13 bits per heavy atom. The summed E-state index contributed by atoms with van der Waals surface area (Å²) < 4.78 is 0. The van der Waals surface area contributed by atoms with Crippen LogP contribution in [0.5, 0.6) is 0 Å². The highest BCUT2D eigenvalue weighted by Crippen LogP contribution is 2.27. The fraction of sp³-hybridized carbons (Fsp3) is 0.769. The van der Waals surface area contributed by atoms with Gasteiger partial charge in [0.15, 0.2) is 0 Å². The van der Waals surface area contributed by atoms with Crippen LogP contribution in [0.15, 0.2) is 12.3 Å². The molecular weight excluding hydrogens is 198 g/mol. The lowest BCUT2D eigenvalue weighted by Gasteiger charge is -2.27. The monoisotopic (exact) mass is 223 g/mol. The molecule has 0 radical (unpaired) electrons. The molecule has 0 spiro atoms. The molecule has 0 aliphatic rings. The van der Waals surface area contributed by atoms with Gasteiger partial charge in [0.1, 0.15) is 0 Å². The predicted molar refractivity (Wildman–Crippen MR) is 70.4 cm³/mol. The van der Waals surface area contributed by atoms with E-state index in [2.05, 4.69) is 32.2 Å². The highest BCUT2D eigenvalue weighted by atomic mass is 28.3. The number of nitriles is 1. The third-order valence-electron chi connectivity index (χ3n) is 3.14. The fourth-order valence-corrected chi connectivity index (χ4v) is 6.67. The molecule has 0 N–H and O–H groups in total. The van der Waals surface area contributed by atoms with Crippen LogP contribution in [0.25, 0.3) is 0 Å². The van der Waals surface area contributed by atoms with Gasteiger partial charge in [-0.05, 0) is 6.42 Å². The van der Waals surface area contributed by atoms with Crippen molar-refractivity contribution >= 4 is 8.07 Å². The zero-order chi connectivity index (χ0) is 11.6. The number of unbranched alkanes of at least 4 members (excludes halogenated alkanes) is 2. The zero-order valence-electron chi connectivity index (χ0n) is 10.4. The lowest BCUT2D eigenvalue weighted by atomic mass is 10.3. The normalized spacial score (nSPS) is 11.0. The molecule has 86 valence electrons. The van der Waals surface area contributed by atoms with E-state index < -0.39 is 8.07 Å². The number of rotatable bonds is 9. The number of hydrogen-bond donors (Lipinski definition) is 0. The fourth-order valence-electron chi connectivity index (χ4n) is 2.36. The third-order valence-corrected chi connectivity index (χ3v) is 8.35. The molecule has 1 nitrogen and oxygen atoms in total. The van der Waals surface area contributed by atoms with Crippen LogP contribution in [-0.4, -0.2) is 8.07 Å². The summed E-state index contributed by atoms with van der Waals surface area (Å²) in [5, 5.41) is 8.50. The van der Waals surface area contributed by atoms with E-state index in [4.69, 9.17) is 5.26 Å². The quantitative estimate of drug-likeness (QED) is 0.411. The largest absolute Gasteiger partial charge is 0.198 e. The van der Waals surface area contributed by atoms with Crippen molar-refractivity contribution in [3.05, 3.63) is 12.3 Å². The van der Waals surface area contributed by atoms with Crippen LogP contribution < -0.4 is 0 Å². The summed E-state index contributed by atoms with van der Waals surface area (Å²) in [5.41, 5.74) is 2.30. The van der Waals surface area contributed by atoms with Crippen LogP contribution in [0.1, 0.15) is 46.0 Å². The van der Waals surface area contributed by atoms with E-state index in [9.17, 15) is 0 Å². The number of hydrogen-bond acceptors (Lipinski definition) is 1. The molecule has 0 unspecified atom stereocenters.